The van der Waals surface area contributed by atoms with Crippen molar-refractivity contribution in [3.8, 4) is 0 Å². The Kier molecular flexibility index (Phi) is 8.20. The molecule has 33 heavy (non-hydrogen) atoms. The van der Waals surface area contributed by atoms with Crippen molar-refractivity contribution >= 4 is 34.4 Å². The van der Waals surface area contributed by atoms with Crippen LogP contribution in [0.4, 0.5) is 24.5 Å². The van der Waals surface area contributed by atoms with Crippen molar-refractivity contribution < 1.29 is 22.8 Å². The van der Waals surface area contributed by atoms with Gasteiger partial charge in [0.1, 0.15) is 0 Å². The fourth-order valence-electron chi connectivity index (χ4n) is 3.38. The Labute approximate surface area is 193 Å². The number of nitrogens with zero attached hydrogens (tertiary/aromatic N) is 4. The lowest BCUT2D eigenvalue weighted by atomic mass is 10.2. The number of hydrogen-bond acceptors (Lipinski definition) is 6. The molecule has 2 heterocycles. The molecule has 1 fully saturated rings. The molecule has 0 saturated carbocycles. The van der Waals surface area contributed by atoms with Crippen LogP contribution < -0.4 is 4.31 Å². The largest absolute Gasteiger partial charge is 0.449 e. The zero-order valence-electron chi connectivity index (χ0n) is 18.3. The molecule has 0 N–H and O–H groups in total. The number of ether oxygens (including phenoxy) is 1. The average molecular weight is 483 g/mol. The molecule has 0 spiro atoms. The first-order chi connectivity index (χ1) is 15.7. The van der Waals surface area contributed by atoms with Crippen molar-refractivity contribution in [1.82, 2.24) is 9.55 Å². The van der Waals surface area contributed by atoms with Crippen molar-refractivity contribution in [3.63, 3.8) is 0 Å². The van der Waals surface area contributed by atoms with E-state index in [9.17, 15) is 23.3 Å². The maximum Gasteiger partial charge on any atom is 0.449 e. The molecule has 1 aromatic heterocycles. The third-order valence-corrected chi connectivity index (χ3v) is 6.00. The average Bonchev–Trinajstić information content (AvgIpc) is 3.19. The molecule has 0 unspecified atom stereocenters. The van der Waals surface area contributed by atoms with Crippen molar-refractivity contribution in [1.29, 1.82) is 0 Å². The summed E-state index contributed by atoms with van der Waals surface area (Å²) in [6.07, 6.45) is -0.589. The number of aromatic nitrogens is 2. The number of aryl methyl sites for hydroxylation is 1. The van der Waals surface area contributed by atoms with Crippen LogP contribution in [0.1, 0.15) is 32.0 Å². The summed E-state index contributed by atoms with van der Waals surface area (Å²) in [6.45, 7) is 3.80. The van der Waals surface area contributed by atoms with Gasteiger partial charge in [-0.15, -0.1) is 0 Å². The number of hydrogen-bond donors (Lipinski definition) is 0. The molecule has 3 aromatic rings. The van der Waals surface area contributed by atoms with E-state index in [0.29, 0.717) is 11.2 Å². The summed E-state index contributed by atoms with van der Waals surface area (Å²) >= 11 is 1.30. The van der Waals surface area contributed by atoms with Gasteiger partial charge in [-0.25, -0.2) is 4.98 Å². The highest BCUT2D eigenvalue weighted by Gasteiger charge is 2.37. The van der Waals surface area contributed by atoms with E-state index in [4.69, 9.17) is 4.74 Å². The molecular formula is C22H25F3N4O3S. The Morgan fingerprint density at radius 3 is 2.30 bits per heavy atom. The predicted octanol–water partition coefficient (Wildman–Crippen LogP) is 6.31. The van der Waals surface area contributed by atoms with E-state index < -0.39 is 16.9 Å². The first-order valence-corrected chi connectivity index (χ1v) is 11.3. The van der Waals surface area contributed by atoms with Gasteiger partial charge in [-0.1, -0.05) is 0 Å². The van der Waals surface area contributed by atoms with Gasteiger partial charge in [0.25, 0.3) is 5.69 Å². The summed E-state index contributed by atoms with van der Waals surface area (Å²) in [7, 11) is 1.76. The van der Waals surface area contributed by atoms with Gasteiger partial charge in [0.15, 0.2) is 0 Å². The van der Waals surface area contributed by atoms with E-state index in [0.717, 1.165) is 22.7 Å². The minimum absolute atomic E-state index is 0.00629. The van der Waals surface area contributed by atoms with Crippen LogP contribution in [0.25, 0.3) is 11.0 Å². The zero-order chi connectivity index (χ0) is 24.0. The fraction of sp³-hybridized carbons (Fsp3) is 0.409. The van der Waals surface area contributed by atoms with E-state index in [1.54, 1.807) is 48.6 Å². The molecule has 1 aliphatic heterocycles. The van der Waals surface area contributed by atoms with Crippen LogP contribution in [-0.4, -0.2) is 34.7 Å². The summed E-state index contributed by atoms with van der Waals surface area (Å²) in [6, 6.07) is 11.0. The Morgan fingerprint density at radius 1 is 1.15 bits per heavy atom. The minimum Gasteiger partial charge on any atom is -0.381 e. The van der Waals surface area contributed by atoms with Crippen LogP contribution in [0.2, 0.25) is 0 Å². The number of imidazole rings is 1. The molecule has 178 valence electrons. The molecule has 4 rings (SSSR count). The molecule has 11 heteroatoms. The van der Waals surface area contributed by atoms with Crippen LogP contribution in [0.3, 0.4) is 0 Å². The normalized spacial score (nSPS) is 14.0. The molecule has 0 atom stereocenters. The van der Waals surface area contributed by atoms with Crippen molar-refractivity contribution in [2.24, 2.45) is 0 Å². The van der Waals surface area contributed by atoms with Crippen molar-refractivity contribution in [2.45, 2.75) is 43.8 Å². The molecule has 0 bridgehead atoms. The lowest BCUT2D eigenvalue weighted by Gasteiger charge is -2.17. The zero-order valence-corrected chi connectivity index (χ0v) is 19.2. The van der Waals surface area contributed by atoms with E-state index in [1.807, 2.05) is 0 Å². The topological polar surface area (TPSA) is 73.4 Å². The lowest BCUT2D eigenvalue weighted by Crippen LogP contribution is -2.14. The number of alkyl halides is 3. The summed E-state index contributed by atoms with van der Waals surface area (Å²) in [4.78, 5) is 14.8. The van der Waals surface area contributed by atoms with Crippen LogP contribution in [0.5, 0.6) is 0 Å². The highest BCUT2D eigenvalue weighted by Crippen LogP contribution is 2.34. The quantitative estimate of drug-likeness (QED) is 0.241. The Bertz CT molecular complexity index is 1070. The van der Waals surface area contributed by atoms with Crippen LogP contribution >= 0.6 is 11.9 Å². The third kappa shape index (κ3) is 6.38. The number of non-ortho nitro benzene ring substituents is 1. The monoisotopic (exact) mass is 482 g/mol. The summed E-state index contributed by atoms with van der Waals surface area (Å²) in [5, 5.41) is 10.7. The van der Waals surface area contributed by atoms with Gasteiger partial charge in [0.05, 0.1) is 16.0 Å². The van der Waals surface area contributed by atoms with Gasteiger partial charge in [-0.3, -0.25) is 10.1 Å². The molecule has 0 radical (unpaired) electrons. The van der Waals surface area contributed by atoms with Crippen LogP contribution in [0.15, 0.2) is 47.4 Å². The van der Waals surface area contributed by atoms with E-state index in [1.165, 1.54) is 43.3 Å². The lowest BCUT2D eigenvalue weighted by molar-refractivity contribution is -0.384. The van der Waals surface area contributed by atoms with Gasteiger partial charge in [-0.05, 0) is 68.5 Å². The van der Waals surface area contributed by atoms with Gasteiger partial charge in [0.2, 0.25) is 5.82 Å². The molecular weight excluding hydrogens is 457 g/mol. The summed E-state index contributed by atoms with van der Waals surface area (Å²) in [5.41, 5.74) is 1.34. The summed E-state index contributed by atoms with van der Waals surface area (Å²) < 4.78 is 47.5. The fourth-order valence-corrected chi connectivity index (χ4v) is 4.17. The number of fused-ring (bicyclic) bond motifs is 1. The molecule has 1 saturated heterocycles. The molecule has 0 aliphatic carbocycles. The highest BCUT2D eigenvalue weighted by molar-refractivity contribution is 8.00. The Balaban J connectivity index is 0.000000442. The van der Waals surface area contributed by atoms with Crippen LogP contribution in [0, 0.1) is 10.1 Å². The second-order valence-electron chi connectivity index (χ2n) is 7.36. The molecule has 2 aromatic carbocycles. The minimum atomic E-state index is -4.52. The van der Waals surface area contributed by atoms with E-state index >= 15 is 0 Å². The number of halogens is 3. The predicted molar refractivity (Wildman–Crippen MR) is 122 cm³/mol. The van der Waals surface area contributed by atoms with Gasteiger partial charge in [0, 0.05) is 49.5 Å². The Hall–Kier alpha value is -2.79. The number of benzene rings is 2. The standard InChI is InChI=1S/C17H15F3N4O2S.C5H10O/c1-3-23-15-9-6-12(10-14(15)21-16(23)17(18,19)20)22(2)27-13-7-4-11(5-8-13)24(25)26;1-2-4-6-5-3-1/h4-10H,3H2,1-2H3;1-5H2. The van der Waals surface area contributed by atoms with Crippen molar-refractivity contribution in [2.75, 3.05) is 24.6 Å². The van der Waals surface area contributed by atoms with Crippen LogP contribution in [-0.2, 0) is 17.5 Å². The number of nitro groups is 1. The van der Waals surface area contributed by atoms with Gasteiger partial charge in [-0.2, -0.15) is 13.2 Å². The van der Waals surface area contributed by atoms with Gasteiger partial charge < -0.3 is 13.6 Å². The Morgan fingerprint density at radius 2 is 1.82 bits per heavy atom. The van der Waals surface area contributed by atoms with Gasteiger partial charge >= 0.3 is 6.18 Å². The first kappa shape index (κ1) is 24.8. The SMILES string of the molecule is C1CCOCC1.CCn1c(C(F)(F)F)nc2cc(N(C)Sc3ccc([N+](=O)[O-])cc3)ccc21. The second-order valence-corrected chi connectivity index (χ2v) is 8.56. The smallest absolute Gasteiger partial charge is 0.381 e. The third-order valence-electron chi connectivity index (χ3n) is 5.03. The molecule has 7 nitrogen and oxygen atoms in total. The first-order valence-electron chi connectivity index (χ1n) is 10.5. The van der Waals surface area contributed by atoms with E-state index in [2.05, 4.69) is 4.98 Å². The maximum absolute atomic E-state index is 13.2. The number of rotatable bonds is 5. The molecule has 0 amide bonds. The van der Waals surface area contributed by atoms with E-state index in [-0.39, 0.29) is 17.7 Å². The molecule has 1 aliphatic rings. The number of anilines is 1. The maximum atomic E-state index is 13.2. The van der Waals surface area contributed by atoms with Crippen molar-refractivity contribution in [3.05, 3.63) is 58.4 Å². The highest BCUT2D eigenvalue weighted by atomic mass is 32.2. The second kappa shape index (κ2) is 10.9. The number of nitro benzene ring substituents is 1. The summed E-state index contributed by atoms with van der Waals surface area (Å²) in [5.74, 6) is -0.914.